The summed E-state index contributed by atoms with van der Waals surface area (Å²) >= 11 is 0. The van der Waals surface area contributed by atoms with Crippen LogP contribution in [0, 0.1) is 17.8 Å². The molecule has 2 aliphatic rings. The maximum atomic E-state index is 14.2. The van der Waals surface area contributed by atoms with Crippen molar-refractivity contribution in [3.05, 3.63) is 35.9 Å². The first-order valence-electron chi connectivity index (χ1n) is 19.5. The highest BCUT2D eigenvalue weighted by Gasteiger charge is 2.44. The van der Waals surface area contributed by atoms with Gasteiger partial charge in [0, 0.05) is 33.7 Å². The Kier molecular flexibility index (Phi) is 16.7. The summed E-state index contributed by atoms with van der Waals surface area (Å²) in [5, 5.41) is 28.3. The minimum atomic E-state index is -1.17. The van der Waals surface area contributed by atoms with Crippen molar-refractivity contribution in [2.24, 2.45) is 17.8 Å². The van der Waals surface area contributed by atoms with E-state index in [0.717, 1.165) is 12.0 Å². The van der Waals surface area contributed by atoms with Gasteiger partial charge in [0.15, 0.2) is 0 Å². The van der Waals surface area contributed by atoms with Gasteiger partial charge >= 0.3 is 12.0 Å². The smallest absolute Gasteiger partial charge is 0.326 e. The number of rotatable bonds is 20. The third kappa shape index (κ3) is 10.7. The fourth-order valence-electron chi connectivity index (χ4n) is 8.02. The molecule has 2 fully saturated rings. The molecule has 0 radical (unpaired) electrons. The molecule has 5 N–H and O–H groups in total. The predicted octanol–water partition coefficient (Wildman–Crippen LogP) is 3.52. The van der Waals surface area contributed by atoms with Crippen LogP contribution in [0.1, 0.15) is 98.0 Å². The summed E-state index contributed by atoms with van der Waals surface area (Å²) in [5.41, 5.74) is 0.117. The first kappa shape index (κ1) is 44.6. The largest absolute Gasteiger partial charge is 0.480 e. The van der Waals surface area contributed by atoms with Gasteiger partial charge in [-0.1, -0.05) is 78.3 Å². The van der Waals surface area contributed by atoms with E-state index in [-0.39, 0.29) is 36.7 Å². The van der Waals surface area contributed by atoms with E-state index >= 15 is 0 Å². The number of nitrogens with zero attached hydrogens (tertiary/aromatic N) is 2. The van der Waals surface area contributed by atoms with Crippen LogP contribution in [-0.2, 0) is 28.7 Å². The van der Waals surface area contributed by atoms with Gasteiger partial charge in [0.1, 0.15) is 12.1 Å². The Balaban J connectivity index is 1.76. The molecule has 1 aromatic carbocycles. The predicted molar refractivity (Wildman–Crippen MR) is 205 cm³/mol. The van der Waals surface area contributed by atoms with Gasteiger partial charge in [0.25, 0.3) is 0 Å². The van der Waals surface area contributed by atoms with E-state index in [2.05, 4.69) is 16.0 Å². The number of nitrogens with one attached hydrogen (secondary N) is 3. The fourth-order valence-corrected chi connectivity index (χ4v) is 8.02. The molecule has 1 heterocycles. The summed E-state index contributed by atoms with van der Waals surface area (Å²) in [5.74, 6) is -3.74. The molecule has 1 saturated heterocycles. The summed E-state index contributed by atoms with van der Waals surface area (Å²) in [7, 11) is 4.68. The van der Waals surface area contributed by atoms with Crippen molar-refractivity contribution in [1.29, 1.82) is 0 Å². The molecule has 1 aliphatic carbocycles. The quantitative estimate of drug-likeness (QED) is 0.133. The average molecular weight is 760 g/mol. The number of hydrogen-bond donors (Lipinski definition) is 5. The number of urea groups is 1. The highest BCUT2D eigenvalue weighted by Crippen LogP contribution is 2.32. The second kappa shape index (κ2) is 20.2. The number of likely N-dealkylation sites (tertiary alicyclic amines) is 1. The molecular weight excluding hydrogens is 694 g/mol. The summed E-state index contributed by atoms with van der Waals surface area (Å²) < 4.78 is 11.9. The number of aliphatic hydroxyl groups is 1. The Morgan fingerprint density at radius 1 is 0.963 bits per heavy atom. The number of carboxylic acids is 1. The normalized spacial score (nSPS) is 21.0. The summed E-state index contributed by atoms with van der Waals surface area (Å²) in [4.78, 5) is 70.5. The van der Waals surface area contributed by atoms with Crippen molar-refractivity contribution >= 4 is 29.7 Å². The molecule has 1 saturated carbocycles. The van der Waals surface area contributed by atoms with E-state index in [0.29, 0.717) is 38.6 Å². The highest BCUT2D eigenvalue weighted by atomic mass is 16.5. The van der Waals surface area contributed by atoms with Crippen LogP contribution in [0.3, 0.4) is 0 Å². The summed E-state index contributed by atoms with van der Waals surface area (Å²) in [6, 6.07) is 5.64. The van der Waals surface area contributed by atoms with Crippen LogP contribution in [0.2, 0.25) is 0 Å². The fraction of sp³-hybridized carbons (Fsp3) is 0.725. The molecule has 2 unspecified atom stereocenters. The maximum Gasteiger partial charge on any atom is 0.326 e. The SMILES string of the molecule is CC[C@H](C)[C@@H]([C@@H](CC(=O)N1CCC[C@H]1[C@H](OC)[C@@H](C)C(=O)NC(C(=O)O)C(C)c1ccccc1)OC)N(C)C(=O)[C@@H](NC(=O)NC1(CO)CCC1)C(C)C. The molecule has 304 valence electrons. The van der Waals surface area contributed by atoms with E-state index in [1.54, 1.807) is 30.7 Å². The number of carboxylic acid groups (broad SMARTS) is 1. The van der Waals surface area contributed by atoms with Crippen LogP contribution in [0.4, 0.5) is 4.79 Å². The minimum Gasteiger partial charge on any atom is -0.480 e. The van der Waals surface area contributed by atoms with Gasteiger partial charge in [-0.2, -0.15) is 0 Å². The van der Waals surface area contributed by atoms with Crippen molar-refractivity contribution in [2.45, 2.75) is 134 Å². The number of hydrogen-bond acceptors (Lipinski definition) is 8. The number of likely N-dealkylation sites (N-methyl/N-ethyl adjacent to an activating group) is 1. The lowest BCUT2D eigenvalue weighted by atomic mass is 9.77. The van der Waals surface area contributed by atoms with Gasteiger partial charge in [-0.25, -0.2) is 9.59 Å². The van der Waals surface area contributed by atoms with E-state index < -0.39 is 71.7 Å². The number of carbonyl (C=O) groups excluding carboxylic acids is 4. The molecule has 0 spiro atoms. The summed E-state index contributed by atoms with van der Waals surface area (Å²) in [6.45, 7) is 11.4. The number of methoxy groups -OCH3 is 2. The zero-order chi connectivity index (χ0) is 40.3. The number of carbonyl (C=O) groups is 5. The second-order valence-corrected chi connectivity index (χ2v) is 15.7. The minimum absolute atomic E-state index is 0.0361. The van der Waals surface area contributed by atoms with Gasteiger partial charge in [-0.15, -0.1) is 0 Å². The van der Waals surface area contributed by atoms with Gasteiger partial charge in [-0.05, 0) is 49.5 Å². The summed E-state index contributed by atoms with van der Waals surface area (Å²) in [6.07, 6.45) is 2.81. The third-order valence-corrected chi connectivity index (χ3v) is 11.9. The lowest BCUT2D eigenvalue weighted by Crippen LogP contribution is -2.63. The highest BCUT2D eigenvalue weighted by molar-refractivity contribution is 5.88. The zero-order valence-electron chi connectivity index (χ0n) is 33.7. The molecular formula is C40H65N5O9. The molecule has 1 aliphatic heterocycles. The molecule has 54 heavy (non-hydrogen) atoms. The monoisotopic (exact) mass is 759 g/mol. The number of amides is 5. The van der Waals surface area contributed by atoms with E-state index in [9.17, 15) is 34.2 Å². The first-order chi connectivity index (χ1) is 25.6. The molecule has 1 aromatic rings. The van der Waals surface area contributed by atoms with Gasteiger partial charge < -0.3 is 45.4 Å². The average Bonchev–Trinajstić information content (AvgIpc) is 3.63. The molecule has 14 nitrogen and oxygen atoms in total. The van der Waals surface area contributed by atoms with Crippen molar-refractivity contribution in [3.8, 4) is 0 Å². The topological polar surface area (TPSA) is 187 Å². The van der Waals surface area contributed by atoms with Crippen LogP contribution in [0.15, 0.2) is 30.3 Å². The Bertz CT molecular complexity index is 1400. The third-order valence-electron chi connectivity index (χ3n) is 11.9. The first-order valence-corrected chi connectivity index (χ1v) is 19.5. The Labute approximate surface area is 321 Å². The second-order valence-electron chi connectivity index (χ2n) is 15.7. The number of aliphatic hydroxyl groups excluding tert-OH is 1. The van der Waals surface area contributed by atoms with E-state index in [4.69, 9.17) is 9.47 Å². The zero-order valence-corrected chi connectivity index (χ0v) is 33.7. The van der Waals surface area contributed by atoms with Gasteiger partial charge in [0.2, 0.25) is 17.7 Å². The molecule has 5 amide bonds. The molecule has 9 atom stereocenters. The van der Waals surface area contributed by atoms with Crippen molar-refractivity contribution in [1.82, 2.24) is 25.8 Å². The molecule has 0 aromatic heterocycles. The Morgan fingerprint density at radius 2 is 1.61 bits per heavy atom. The van der Waals surface area contributed by atoms with Crippen LogP contribution in [0.5, 0.6) is 0 Å². The lowest BCUT2D eigenvalue weighted by Gasteiger charge is -2.42. The molecule has 14 heteroatoms. The van der Waals surface area contributed by atoms with E-state index in [1.807, 2.05) is 58.0 Å². The van der Waals surface area contributed by atoms with Crippen LogP contribution in [-0.4, -0.2) is 126 Å². The van der Waals surface area contributed by atoms with Crippen molar-refractivity contribution in [3.63, 3.8) is 0 Å². The van der Waals surface area contributed by atoms with Gasteiger partial charge in [-0.3, -0.25) is 14.4 Å². The maximum absolute atomic E-state index is 14.2. The molecule has 0 bridgehead atoms. The molecule has 3 rings (SSSR count). The number of benzene rings is 1. The number of aliphatic carboxylic acids is 1. The van der Waals surface area contributed by atoms with E-state index in [1.165, 1.54) is 14.2 Å². The van der Waals surface area contributed by atoms with Crippen LogP contribution in [0.25, 0.3) is 0 Å². The Morgan fingerprint density at radius 3 is 2.11 bits per heavy atom. The lowest BCUT2D eigenvalue weighted by molar-refractivity contribution is -0.148. The number of ether oxygens (including phenoxy) is 2. The van der Waals surface area contributed by atoms with Crippen LogP contribution < -0.4 is 16.0 Å². The van der Waals surface area contributed by atoms with Crippen molar-refractivity contribution < 1.29 is 43.7 Å². The van der Waals surface area contributed by atoms with Gasteiger partial charge in [0.05, 0.1) is 48.8 Å². The standard InChI is InChI=1S/C40H65N5O9/c1-10-25(4)34(44(7)37(49)32(24(2)3)42-39(52)43-40(23-46)19-15-20-40)30(53-8)22-31(47)45-21-14-18-29(45)35(54-9)27(6)36(48)41-33(38(50)51)26(5)28-16-12-11-13-17-28/h11-13,16-17,24-27,29-30,32-35,46H,10,14-15,18-23H2,1-9H3,(H,41,48)(H,50,51)(H2,42,43,52)/t25-,26?,27+,29-,30+,32-,33?,34-,35+/m0/s1. The Hall–Kier alpha value is -3.75. The van der Waals surface area contributed by atoms with Crippen LogP contribution >= 0.6 is 0 Å². The van der Waals surface area contributed by atoms with Crippen molar-refractivity contribution in [2.75, 3.05) is 34.4 Å².